The van der Waals surface area contributed by atoms with Gasteiger partial charge in [-0.15, -0.1) is 0 Å². The van der Waals surface area contributed by atoms with Crippen LogP contribution in [0.2, 0.25) is 0 Å². The Kier molecular flexibility index (Phi) is 3.04. The van der Waals surface area contributed by atoms with Crippen molar-refractivity contribution < 1.29 is 14.1 Å². The van der Waals surface area contributed by atoms with Crippen molar-refractivity contribution in [1.82, 2.24) is 0 Å². The maximum Gasteiger partial charge on any atom is 0.221 e. The molecule has 0 spiro atoms. The van der Waals surface area contributed by atoms with Gasteiger partial charge in [0, 0.05) is 35.9 Å². The molecule has 0 atom stereocenters. The number of benzene rings is 3. The van der Waals surface area contributed by atoms with E-state index < -0.39 is 0 Å². The average Bonchev–Trinajstić information content (AvgIpc) is 2.65. The van der Waals surface area contributed by atoms with Gasteiger partial charge in [-0.2, -0.15) is 4.57 Å². The summed E-state index contributed by atoms with van der Waals surface area (Å²) in [4.78, 5) is 11.4. The fourth-order valence-corrected chi connectivity index (χ4v) is 3.83. The molecule has 0 unspecified atom stereocenters. The number of aromatic nitrogens is 1. The van der Waals surface area contributed by atoms with Crippen molar-refractivity contribution in [3.63, 3.8) is 0 Å². The highest BCUT2D eigenvalue weighted by Crippen LogP contribution is 2.48. The van der Waals surface area contributed by atoms with Gasteiger partial charge in [0.05, 0.1) is 10.8 Å². The predicted molar refractivity (Wildman–Crippen MR) is 102 cm³/mol. The lowest BCUT2D eigenvalue weighted by Gasteiger charge is -2.22. The van der Waals surface area contributed by atoms with E-state index in [0.717, 1.165) is 50.1 Å². The molecule has 0 bridgehead atoms. The summed E-state index contributed by atoms with van der Waals surface area (Å²) < 4.78 is 8.55. The molecule has 0 aliphatic carbocycles. The first kappa shape index (κ1) is 14.9. The minimum atomic E-state index is -0.0855. The van der Waals surface area contributed by atoms with Gasteiger partial charge in [0.15, 0.2) is 5.75 Å². The predicted octanol–water partition coefficient (Wildman–Crippen LogP) is 4.55. The minimum absolute atomic E-state index is 0.0855. The molecule has 0 saturated heterocycles. The molecular weight excluding hydrogens is 324 g/mol. The van der Waals surface area contributed by atoms with Crippen molar-refractivity contribution in [3.05, 3.63) is 60.7 Å². The van der Waals surface area contributed by atoms with Crippen molar-refractivity contribution >= 4 is 33.4 Å². The number of aryl methyl sites for hydroxylation is 1. The Morgan fingerprint density at radius 2 is 1.77 bits per heavy atom. The maximum atomic E-state index is 11.4. The fourth-order valence-electron chi connectivity index (χ4n) is 3.83. The van der Waals surface area contributed by atoms with E-state index in [0.29, 0.717) is 0 Å². The van der Waals surface area contributed by atoms with Gasteiger partial charge in [-0.1, -0.05) is 24.3 Å². The van der Waals surface area contributed by atoms with Crippen LogP contribution in [0.15, 0.2) is 60.7 Å². The van der Waals surface area contributed by atoms with Gasteiger partial charge >= 0.3 is 0 Å². The Hall–Kier alpha value is -3.40. The highest BCUT2D eigenvalue weighted by Gasteiger charge is 2.27. The van der Waals surface area contributed by atoms with Crippen LogP contribution in [0.5, 0.6) is 11.5 Å². The summed E-state index contributed by atoms with van der Waals surface area (Å²) in [5, 5.41) is 5.04. The van der Waals surface area contributed by atoms with E-state index in [1.807, 2.05) is 30.3 Å². The Bertz CT molecular complexity index is 1230. The Morgan fingerprint density at radius 1 is 0.962 bits per heavy atom. The van der Waals surface area contributed by atoms with E-state index in [9.17, 15) is 4.79 Å². The molecule has 1 N–H and O–H groups in total. The first-order chi connectivity index (χ1) is 12.6. The van der Waals surface area contributed by atoms with E-state index >= 15 is 0 Å². The molecule has 1 amide bonds. The number of ether oxygens (including phenoxy) is 1. The molecule has 4 heteroatoms. The van der Waals surface area contributed by atoms with E-state index in [-0.39, 0.29) is 5.91 Å². The van der Waals surface area contributed by atoms with Crippen LogP contribution in [0.4, 0.5) is 5.69 Å². The van der Waals surface area contributed by atoms with Crippen molar-refractivity contribution in [3.8, 4) is 22.6 Å². The largest absolute Gasteiger partial charge is 0.455 e. The number of hydrogen-bond donors (Lipinski definition) is 1. The molecule has 3 aromatic carbocycles. The number of carbonyl (C=O) groups excluding carboxylic acids is 1. The molecule has 4 aromatic rings. The van der Waals surface area contributed by atoms with Crippen molar-refractivity contribution in [2.45, 2.75) is 6.92 Å². The van der Waals surface area contributed by atoms with E-state index in [4.69, 9.17) is 4.74 Å². The van der Waals surface area contributed by atoms with Crippen LogP contribution in [0.1, 0.15) is 6.92 Å². The average molecular weight is 341 g/mol. The summed E-state index contributed by atoms with van der Waals surface area (Å²) in [5.41, 5.74) is 5.12. The lowest BCUT2D eigenvalue weighted by molar-refractivity contribution is -0.617. The molecule has 1 aliphatic heterocycles. The molecule has 1 aliphatic rings. The van der Waals surface area contributed by atoms with Crippen LogP contribution in [0.25, 0.3) is 32.9 Å². The van der Waals surface area contributed by atoms with Gasteiger partial charge in [0.25, 0.3) is 0 Å². The van der Waals surface area contributed by atoms with Crippen molar-refractivity contribution in [2.24, 2.45) is 7.05 Å². The number of nitrogens with one attached hydrogen (secondary N) is 1. The van der Waals surface area contributed by atoms with E-state index in [1.165, 1.54) is 6.92 Å². The highest BCUT2D eigenvalue weighted by atomic mass is 16.5. The number of hydrogen-bond acceptors (Lipinski definition) is 2. The Labute approximate surface area is 150 Å². The molecular formula is C22H17N2O2+. The Balaban J connectivity index is 1.89. The second-order valence-corrected chi connectivity index (χ2v) is 6.60. The molecule has 5 rings (SSSR count). The van der Waals surface area contributed by atoms with Crippen molar-refractivity contribution in [2.75, 3.05) is 5.32 Å². The third kappa shape index (κ3) is 2.02. The van der Waals surface area contributed by atoms with Gasteiger partial charge in [-0.3, -0.25) is 4.79 Å². The molecule has 26 heavy (non-hydrogen) atoms. The first-order valence-electron chi connectivity index (χ1n) is 8.57. The normalized spacial score (nSPS) is 11.9. The zero-order valence-corrected chi connectivity index (χ0v) is 14.5. The van der Waals surface area contributed by atoms with Crippen LogP contribution >= 0.6 is 0 Å². The summed E-state index contributed by atoms with van der Waals surface area (Å²) >= 11 is 0. The van der Waals surface area contributed by atoms with Gasteiger partial charge in [-0.25, -0.2) is 0 Å². The lowest BCUT2D eigenvalue weighted by atomic mass is 9.94. The van der Waals surface area contributed by atoms with Gasteiger partial charge in [0.2, 0.25) is 16.9 Å². The summed E-state index contributed by atoms with van der Waals surface area (Å²) in [6.45, 7) is 1.51. The van der Waals surface area contributed by atoms with E-state index in [1.54, 1.807) is 0 Å². The molecule has 0 fully saturated rings. The number of nitrogens with zero attached hydrogens (tertiary/aromatic N) is 1. The second-order valence-electron chi connectivity index (χ2n) is 6.60. The molecule has 126 valence electrons. The lowest BCUT2D eigenvalue weighted by Crippen LogP contribution is -2.30. The SMILES string of the molecule is CC(=O)Nc1ccc2c(c1)-c1cccc3c1c(c1ccccc1[n+]3C)O2. The number of amides is 1. The monoisotopic (exact) mass is 341 g/mol. The molecule has 2 heterocycles. The number of rotatable bonds is 1. The van der Waals surface area contributed by atoms with Crippen LogP contribution in [0.3, 0.4) is 0 Å². The standard InChI is InChI=1S/C22H16N2O2/c1-13(25)23-14-10-11-20-17(12-14)15-7-5-9-19-21(15)22(26-20)16-6-3-4-8-18(16)24(19)2/h3-12H,1-2H3/p+1. The number of pyridine rings is 1. The third-order valence-corrected chi connectivity index (χ3v) is 4.94. The number of carbonyl (C=O) groups is 1. The zero-order chi connectivity index (χ0) is 17.8. The van der Waals surface area contributed by atoms with Gasteiger partial charge in [-0.05, 0) is 24.3 Å². The van der Waals surface area contributed by atoms with Gasteiger partial charge < -0.3 is 10.1 Å². The van der Waals surface area contributed by atoms with Crippen LogP contribution < -0.4 is 14.6 Å². The summed E-state index contributed by atoms with van der Waals surface area (Å²) in [6, 6.07) is 20.3. The first-order valence-corrected chi connectivity index (χ1v) is 8.57. The number of anilines is 1. The molecule has 0 radical (unpaired) electrons. The topological polar surface area (TPSA) is 42.2 Å². The summed E-state index contributed by atoms with van der Waals surface area (Å²) in [5.74, 6) is 1.61. The van der Waals surface area contributed by atoms with Crippen LogP contribution in [-0.4, -0.2) is 5.91 Å². The Morgan fingerprint density at radius 3 is 2.62 bits per heavy atom. The molecule has 4 nitrogen and oxygen atoms in total. The number of fused-ring (bicyclic) bond motifs is 4. The maximum absolute atomic E-state index is 11.4. The van der Waals surface area contributed by atoms with Crippen LogP contribution in [-0.2, 0) is 11.8 Å². The smallest absolute Gasteiger partial charge is 0.221 e. The number of para-hydroxylation sites is 1. The fraction of sp³-hybridized carbons (Fsp3) is 0.0909. The quantitative estimate of drug-likeness (QED) is 0.359. The van der Waals surface area contributed by atoms with Gasteiger partial charge in [0.1, 0.15) is 12.8 Å². The second kappa shape index (κ2) is 5.30. The minimum Gasteiger partial charge on any atom is -0.455 e. The zero-order valence-electron chi connectivity index (χ0n) is 14.5. The third-order valence-electron chi connectivity index (χ3n) is 4.94. The van der Waals surface area contributed by atoms with Crippen LogP contribution in [0, 0.1) is 0 Å². The molecule has 1 aromatic heterocycles. The summed E-state index contributed by atoms with van der Waals surface area (Å²) in [7, 11) is 2.08. The molecule has 0 saturated carbocycles. The van der Waals surface area contributed by atoms with E-state index in [2.05, 4.69) is 47.3 Å². The summed E-state index contributed by atoms with van der Waals surface area (Å²) in [6.07, 6.45) is 0. The van der Waals surface area contributed by atoms with Crippen molar-refractivity contribution in [1.29, 1.82) is 0 Å². The highest BCUT2D eigenvalue weighted by molar-refractivity contribution is 6.08.